The highest BCUT2D eigenvalue weighted by Crippen LogP contribution is 2.14. The van der Waals surface area contributed by atoms with Crippen LogP contribution < -0.4 is 5.73 Å². The lowest BCUT2D eigenvalue weighted by atomic mass is 10.2. The molecule has 0 unspecified atom stereocenters. The van der Waals surface area contributed by atoms with E-state index < -0.39 is 10.0 Å². The van der Waals surface area contributed by atoms with Crippen LogP contribution in [0, 0.1) is 0 Å². The molecule has 16 heavy (non-hydrogen) atoms. The molecule has 0 saturated carbocycles. The minimum absolute atomic E-state index is 0.265. The SMILES string of the molecule is NCc1ccc(S(=O)(=O)n2cccc2)cc1. The second-order valence-electron chi connectivity index (χ2n) is 3.37. The molecule has 4 nitrogen and oxygen atoms in total. The van der Waals surface area contributed by atoms with Crippen molar-refractivity contribution in [1.82, 2.24) is 3.97 Å². The highest BCUT2D eigenvalue weighted by atomic mass is 32.2. The summed E-state index contributed by atoms with van der Waals surface area (Å²) in [5, 5.41) is 0. The van der Waals surface area contributed by atoms with Gasteiger partial charge < -0.3 is 5.73 Å². The Morgan fingerprint density at radius 3 is 2.12 bits per heavy atom. The Balaban J connectivity index is 2.44. The van der Waals surface area contributed by atoms with Crippen molar-refractivity contribution in [2.45, 2.75) is 11.4 Å². The number of aromatic nitrogens is 1. The third-order valence-electron chi connectivity index (χ3n) is 2.31. The van der Waals surface area contributed by atoms with Crippen molar-refractivity contribution in [2.75, 3.05) is 0 Å². The molecule has 0 bridgehead atoms. The van der Waals surface area contributed by atoms with Gasteiger partial charge >= 0.3 is 0 Å². The summed E-state index contributed by atoms with van der Waals surface area (Å²) < 4.78 is 25.2. The van der Waals surface area contributed by atoms with Crippen LogP contribution in [-0.4, -0.2) is 12.4 Å². The molecular formula is C11H12N2O2S. The van der Waals surface area contributed by atoms with Gasteiger partial charge in [0.1, 0.15) is 0 Å². The van der Waals surface area contributed by atoms with E-state index in [9.17, 15) is 8.42 Å². The van der Waals surface area contributed by atoms with Gasteiger partial charge in [0.05, 0.1) is 4.90 Å². The first-order valence-electron chi connectivity index (χ1n) is 4.82. The molecule has 5 heteroatoms. The van der Waals surface area contributed by atoms with E-state index >= 15 is 0 Å². The summed E-state index contributed by atoms with van der Waals surface area (Å²) in [6, 6.07) is 9.92. The molecule has 1 aromatic heterocycles. The predicted octanol–water partition coefficient (Wildman–Crippen LogP) is 1.18. The fraction of sp³-hybridized carbons (Fsp3) is 0.0909. The van der Waals surface area contributed by atoms with Crippen molar-refractivity contribution in [3.05, 3.63) is 54.4 Å². The number of nitrogens with two attached hydrogens (primary N) is 1. The van der Waals surface area contributed by atoms with Crippen LogP contribution >= 0.6 is 0 Å². The molecule has 2 aromatic rings. The average Bonchev–Trinajstić information content (AvgIpc) is 2.83. The molecule has 84 valence electrons. The quantitative estimate of drug-likeness (QED) is 0.870. The Hall–Kier alpha value is -1.59. The zero-order valence-electron chi connectivity index (χ0n) is 8.58. The lowest BCUT2D eigenvalue weighted by Gasteiger charge is -2.05. The van der Waals surface area contributed by atoms with E-state index in [0.717, 1.165) is 5.56 Å². The van der Waals surface area contributed by atoms with Crippen molar-refractivity contribution in [3.8, 4) is 0 Å². The second kappa shape index (κ2) is 4.11. The fourth-order valence-corrected chi connectivity index (χ4v) is 2.58. The predicted molar refractivity (Wildman–Crippen MR) is 61.3 cm³/mol. The van der Waals surface area contributed by atoms with Gasteiger partial charge in [0.25, 0.3) is 10.0 Å². The van der Waals surface area contributed by atoms with Crippen LogP contribution in [0.2, 0.25) is 0 Å². The van der Waals surface area contributed by atoms with Crippen LogP contribution in [0.3, 0.4) is 0 Å². The fourth-order valence-electron chi connectivity index (χ4n) is 1.40. The highest BCUT2D eigenvalue weighted by Gasteiger charge is 2.14. The summed E-state index contributed by atoms with van der Waals surface area (Å²) >= 11 is 0. The molecule has 1 aromatic carbocycles. The van der Waals surface area contributed by atoms with Gasteiger partial charge in [-0.2, -0.15) is 0 Å². The first-order chi connectivity index (χ1) is 7.64. The monoisotopic (exact) mass is 236 g/mol. The van der Waals surface area contributed by atoms with Crippen molar-refractivity contribution in [3.63, 3.8) is 0 Å². The maximum atomic E-state index is 12.0. The second-order valence-corrected chi connectivity index (χ2v) is 5.21. The molecule has 2 N–H and O–H groups in total. The maximum absolute atomic E-state index is 12.0. The molecule has 0 fully saturated rings. The van der Waals surface area contributed by atoms with Gasteiger partial charge in [-0.25, -0.2) is 12.4 Å². The Morgan fingerprint density at radius 2 is 1.62 bits per heavy atom. The zero-order chi connectivity index (χ0) is 11.6. The molecule has 0 saturated heterocycles. The van der Waals surface area contributed by atoms with Crippen LogP contribution in [0.5, 0.6) is 0 Å². The van der Waals surface area contributed by atoms with E-state index in [4.69, 9.17) is 5.73 Å². The molecule has 2 rings (SSSR count). The average molecular weight is 236 g/mol. The molecule has 1 heterocycles. The number of nitrogens with zero attached hydrogens (tertiary/aromatic N) is 1. The molecule has 0 spiro atoms. The van der Waals surface area contributed by atoms with Crippen LogP contribution in [0.15, 0.2) is 53.7 Å². The van der Waals surface area contributed by atoms with Crippen molar-refractivity contribution >= 4 is 10.0 Å². The van der Waals surface area contributed by atoms with E-state index in [0.29, 0.717) is 6.54 Å². The first-order valence-corrected chi connectivity index (χ1v) is 6.26. The zero-order valence-corrected chi connectivity index (χ0v) is 9.39. The van der Waals surface area contributed by atoms with E-state index in [1.807, 2.05) is 0 Å². The minimum Gasteiger partial charge on any atom is -0.326 e. The van der Waals surface area contributed by atoms with Crippen LogP contribution in [0.25, 0.3) is 0 Å². The largest absolute Gasteiger partial charge is 0.326 e. The van der Waals surface area contributed by atoms with E-state index in [1.165, 1.54) is 16.4 Å². The van der Waals surface area contributed by atoms with Gasteiger partial charge in [0, 0.05) is 18.9 Å². The lowest BCUT2D eigenvalue weighted by molar-refractivity contribution is 0.587. The molecule has 0 radical (unpaired) electrons. The Bertz CT molecular complexity index is 557. The van der Waals surface area contributed by atoms with Crippen LogP contribution in [-0.2, 0) is 16.6 Å². The van der Waals surface area contributed by atoms with Gasteiger partial charge in [-0.3, -0.25) is 0 Å². The Kier molecular flexibility index (Phi) is 2.80. The summed E-state index contributed by atoms with van der Waals surface area (Å²) in [6.07, 6.45) is 3.01. The summed E-state index contributed by atoms with van der Waals surface area (Å²) in [5.41, 5.74) is 6.36. The molecule has 0 atom stereocenters. The molecule has 0 aliphatic heterocycles. The first kappa shape index (κ1) is 10.9. The summed E-state index contributed by atoms with van der Waals surface area (Å²) in [7, 11) is -3.44. The van der Waals surface area contributed by atoms with E-state index in [1.54, 1.807) is 36.4 Å². The Morgan fingerprint density at radius 1 is 1.06 bits per heavy atom. The van der Waals surface area contributed by atoms with Crippen molar-refractivity contribution in [2.24, 2.45) is 5.73 Å². The number of rotatable bonds is 3. The normalized spacial score (nSPS) is 11.6. The summed E-state index contributed by atoms with van der Waals surface area (Å²) in [5.74, 6) is 0. The summed E-state index contributed by atoms with van der Waals surface area (Å²) in [6.45, 7) is 0.407. The molecule has 0 amide bonds. The third-order valence-corrected chi connectivity index (χ3v) is 3.98. The van der Waals surface area contributed by atoms with Crippen molar-refractivity contribution in [1.29, 1.82) is 0 Å². The maximum Gasteiger partial charge on any atom is 0.267 e. The lowest BCUT2D eigenvalue weighted by Crippen LogP contribution is -2.10. The smallest absolute Gasteiger partial charge is 0.267 e. The van der Waals surface area contributed by atoms with Crippen LogP contribution in [0.1, 0.15) is 5.56 Å². The van der Waals surface area contributed by atoms with E-state index in [2.05, 4.69) is 0 Å². The standard InChI is InChI=1S/C11H12N2O2S/c12-9-10-3-5-11(6-4-10)16(14,15)13-7-1-2-8-13/h1-8H,9,12H2. The minimum atomic E-state index is -3.44. The van der Waals surface area contributed by atoms with Gasteiger partial charge in [-0.1, -0.05) is 12.1 Å². The van der Waals surface area contributed by atoms with E-state index in [-0.39, 0.29) is 4.90 Å². The number of hydrogen-bond donors (Lipinski definition) is 1. The summed E-state index contributed by atoms with van der Waals surface area (Å²) in [4.78, 5) is 0.265. The van der Waals surface area contributed by atoms with Gasteiger partial charge in [-0.05, 0) is 29.8 Å². The van der Waals surface area contributed by atoms with Gasteiger partial charge in [0.15, 0.2) is 0 Å². The van der Waals surface area contributed by atoms with Gasteiger partial charge in [0.2, 0.25) is 0 Å². The molecule has 0 aliphatic carbocycles. The highest BCUT2D eigenvalue weighted by molar-refractivity contribution is 7.90. The van der Waals surface area contributed by atoms with Crippen molar-refractivity contribution < 1.29 is 8.42 Å². The number of hydrogen-bond acceptors (Lipinski definition) is 3. The van der Waals surface area contributed by atoms with Crippen LogP contribution in [0.4, 0.5) is 0 Å². The Labute approximate surface area is 94.4 Å². The topological polar surface area (TPSA) is 65.1 Å². The number of benzene rings is 1. The molecule has 0 aliphatic rings. The third kappa shape index (κ3) is 1.87. The molecular weight excluding hydrogens is 224 g/mol. The van der Waals surface area contributed by atoms with Gasteiger partial charge in [-0.15, -0.1) is 0 Å².